The highest BCUT2D eigenvalue weighted by Gasteiger charge is 2.32. The van der Waals surface area contributed by atoms with E-state index in [1.54, 1.807) is 9.80 Å². The van der Waals surface area contributed by atoms with E-state index in [2.05, 4.69) is 9.97 Å². The number of alkyl halides is 3. The molecule has 0 aliphatic carbocycles. The highest BCUT2D eigenvalue weighted by Crippen LogP contribution is 2.28. The van der Waals surface area contributed by atoms with Crippen LogP contribution in [0.15, 0.2) is 12.4 Å². The van der Waals surface area contributed by atoms with Gasteiger partial charge in [-0.15, -0.1) is 0 Å². The third-order valence-corrected chi connectivity index (χ3v) is 3.62. The zero-order valence-corrected chi connectivity index (χ0v) is 11.7. The van der Waals surface area contributed by atoms with Gasteiger partial charge in [-0.2, -0.15) is 13.2 Å². The summed E-state index contributed by atoms with van der Waals surface area (Å²) in [6, 6.07) is 0.0633. The van der Waals surface area contributed by atoms with Gasteiger partial charge < -0.3 is 9.80 Å². The van der Waals surface area contributed by atoms with Crippen molar-refractivity contribution in [3.05, 3.63) is 18.0 Å². The Bertz CT molecular complexity index is 477. The van der Waals surface area contributed by atoms with Gasteiger partial charge in [-0.25, -0.2) is 9.97 Å². The lowest BCUT2D eigenvalue weighted by Gasteiger charge is -2.28. The smallest absolute Gasteiger partial charge is 0.340 e. The van der Waals surface area contributed by atoms with Gasteiger partial charge in [0.2, 0.25) is 12.4 Å². The molecule has 116 valence electrons. The number of aromatic nitrogens is 2. The Balaban J connectivity index is 2.08. The maximum Gasteiger partial charge on any atom is 0.419 e. The largest absolute Gasteiger partial charge is 0.419 e. The van der Waals surface area contributed by atoms with Crippen LogP contribution in [0.1, 0.15) is 25.3 Å². The number of hydrogen-bond acceptors (Lipinski definition) is 4. The molecule has 1 aliphatic rings. The van der Waals surface area contributed by atoms with Crippen LogP contribution < -0.4 is 4.90 Å². The van der Waals surface area contributed by atoms with Gasteiger partial charge in [0, 0.05) is 38.1 Å². The molecule has 0 bridgehead atoms. The summed E-state index contributed by atoms with van der Waals surface area (Å²) in [6.45, 7) is 3.69. The summed E-state index contributed by atoms with van der Waals surface area (Å²) in [6.07, 6.45) is -0.215. The zero-order chi connectivity index (χ0) is 15.5. The van der Waals surface area contributed by atoms with Crippen molar-refractivity contribution in [1.29, 1.82) is 0 Å². The summed E-state index contributed by atoms with van der Waals surface area (Å²) in [5.74, 6) is 0.253. The van der Waals surface area contributed by atoms with Gasteiger partial charge in [0.1, 0.15) is 0 Å². The van der Waals surface area contributed by atoms with Crippen LogP contribution in [0, 0.1) is 0 Å². The lowest BCUT2D eigenvalue weighted by Crippen LogP contribution is -2.40. The van der Waals surface area contributed by atoms with Crippen molar-refractivity contribution < 1.29 is 18.0 Å². The Kier molecular flexibility index (Phi) is 4.64. The van der Waals surface area contributed by atoms with Crippen LogP contribution in [-0.2, 0) is 11.0 Å². The second kappa shape index (κ2) is 6.28. The number of nitrogens with zero attached hydrogens (tertiary/aromatic N) is 4. The Morgan fingerprint density at radius 2 is 2.10 bits per heavy atom. The van der Waals surface area contributed by atoms with E-state index in [4.69, 9.17) is 0 Å². The van der Waals surface area contributed by atoms with Crippen LogP contribution >= 0.6 is 0 Å². The standard InChI is InChI=1S/C13H17F3N4O/c1-2-19(8-11-4-3-5-20(11)9-21)12-17-6-10(7-18-12)13(14,15)16/h6-7,9,11H,2-5,8H2,1H3/t11-/m1/s1. The molecule has 5 nitrogen and oxygen atoms in total. The molecule has 1 atom stereocenters. The molecule has 1 aliphatic heterocycles. The van der Waals surface area contributed by atoms with E-state index in [9.17, 15) is 18.0 Å². The first-order chi connectivity index (χ1) is 9.95. The topological polar surface area (TPSA) is 49.3 Å². The molecule has 0 aromatic carbocycles. The monoisotopic (exact) mass is 302 g/mol. The lowest BCUT2D eigenvalue weighted by atomic mass is 10.2. The van der Waals surface area contributed by atoms with Crippen molar-refractivity contribution >= 4 is 12.4 Å². The van der Waals surface area contributed by atoms with Crippen molar-refractivity contribution in [3.63, 3.8) is 0 Å². The third-order valence-electron chi connectivity index (χ3n) is 3.62. The zero-order valence-electron chi connectivity index (χ0n) is 11.7. The summed E-state index contributed by atoms with van der Waals surface area (Å²) in [5, 5.41) is 0. The number of likely N-dealkylation sites (N-methyl/N-ethyl adjacent to an activating group) is 1. The Labute approximate surface area is 120 Å². The molecule has 1 fully saturated rings. The van der Waals surface area contributed by atoms with Crippen LogP contribution in [0.4, 0.5) is 19.1 Å². The van der Waals surface area contributed by atoms with Gasteiger partial charge in [0.05, 0.1) is 5.56 Å². The third kappa shape index (κ3) is 3.62. The highest BCUT2D eigenvalue weighted by molar-refractivity contribution is 5.48. The number of carbonyl (C=O) groups is 1. The number of amides is 1. The first kappa shape index (κ1) is 15.5. The predicted octanol–water partition coefficient (Wildman–Crippen LogP) is 1.94. The summed E-state index contributed by atoms with van der Waals surface area (Å²) in [7, 11) is 0. The molecule has 0 radical (unpaired) electrons. The molecule has 1 aromatic rings. The molecule has 2 rings (SSSR count). The van der Waals surface area contributed by atoms with Gasteiger partial charge in [0.25, 0.3) is 0 Å². The second-order valence-corrected chi connectivity index (χ2v) is 4.95. The highest BCUT2D eigenvalue weighted by atomic mass is 19.4. The Morgan fingerprint density at radius 3 is 2.62 bits per heavy atom. The first-order valence-electron chi connectivity index (χ1n) is 6.81. The van der Waals surface area contributed by atoms with E-state index in [-0.39, 0.29) is 12.0 Å². The first-order valence-corrected chi connectivity index (χ1v) is 6.81. The molecular weight excluding hydrogens is 285 g/mol. The van der Waals surface area contributed by atoms with Crippen molar-refractivity contribution in [2.24, 2.45) is 0 Å². The van der Waals surface area contributed by atoms with E-state index < -0.39 is 11.7 Å². The van der Waals surface area contributed by atoms with Gasteiger partial charge in [0.15, 0.2) is 0 Å². The Morgan fingerprint density at radius 1 is 1.43 bits per heavy atom. The van der Waals surface area contributed by atoms with Crippen molar-refractivity contribution in [2.45, 2.75) is 32.0 Å². The predicted molar refractivity (Wildman–Crippen MR) is 70.7 cm³/mol. The average molecular weight is 302 g/mol. The molecule has 8 heteroatoms. The lowest BCUT2D eigenvalue weighted by molar-refractivity contribution is -0.138. The van der Waals surface area contributed by atoms with Gasteiger partial charge in [-0.05, 0) is 19.8 Å². The Hall–Kier alpha value is -1.86. The molecule has 0 saturated carbocycles. The maximum absolute atomic E-state index is 12.5. The summed E-state index contributed by atoms with van der Waals surface area (Å²) >= 11 is 0. The molecule has 0 spiro atoms. The maximum atomic E-state index is 12.5. The van der Waals surface area contributed by atoms with Gasteiger partial charge in [-0.1, -0.05) is 0 Å². The molecule has 0 N–H and O–H groups in total. The van der Waals surface area contributed by atoms with Gasteiger partial charge >= 0.3 is 6.18 Å². The minimum Gasteiger partial charge on any atom is -0.340 e. The fourth-order valence-corrected chi connectivity index (χ4v) is 2.43. The molecular formula is C13H17F3N4O. The second-order valence-electron chi connectivity index (χ2n) is 4.95. The molecule has 0 unspecified atom stereocenters. The van der Waals surface area contributed by atoms with E-state index in [1.807, 2.05) is 6.92 Å². The van der Waals surface area contributed by atoms with Crippen LogP contribution in [0.5, 0.6) is 0 Å². The number of halogens is 3. The molecule has 1 amide bonds. The number of likely N-dealkylation sites (tertiary alicyclic amines) is 1. The molecule has 1 saturated heterocycles. The average Bonchev–Trinajstić information content (AvgIpc) is 2.91. The molecule has 2 heterocycles. The summed E-state index contributed by atoms with van der Waals surface area (Å²) < 4.78 is 37.5. The minimum atomic E-state index is -4.44. The molecule has 1 aromatic heterocycles. The van der Waals surface area contributed by atoms with Crippen LogP contribution in [0.25, 0.3) is 0 Å². The molecule has 21 heavy (non-hydrogen) atoms. The van der Waals surface area contributed by atoms with Crippen molar-refractivity contribution in [1.82, 2.24) is 14.9 Å². The van der Waals surface area contributed by atoms with E-state index in [0.717, 1.165) is 38.2 Å². The van der Waals surface area contributed by atoms with Crippen LogP contribution in [0.3, 0.4) is 0 Å². The normalized spacial score (nSPS) is 18.9. The van der Waals surface area contributed by atoms with E-state index in [1.165, 1.54) is 0 Å². The van der Waals surface area contributed by atoms with E-state index >= 15 is 0 Å². The summed E-state index contributed by atoms with van der Waals surface area (Å²) in [5.41, 5.74) is -0.863. The fraction of sp³-hybridized carbons (Fsp3) is 0.615. The number of rotatable bonds is 5. The number of anilines is 1. The van der Waals surface area contributed by atoms with Crippen LogP contribution in [0.2, 0.25) is 0 Å². The summed E-state index contributed by atoms with van der Waals surface area (Å²) in [4.78, 5) is 22.0. The van der Waals surface area contributed by atoms with Gasteiger partial charge in [-0.3, -0.25) is 4.79 Å². The van der Waals surface area contributed by atoms with Crippen molar-refractivity contribution in [2.75, 3.05) is 24.5 Å². The SMILES string of the molecule is CCN(C[C@H]1CCCN1C=O)c1ncc(C(F)(F)F)cn1. The fourth-order valence-electron chi connectivity index (χ4n) is 2.43. The van der Waals surface area contributed by atoms with Crippen molar-refractivity contribution in [3.8, 4) is 0 Å². The van der Waals surface area contributed by atoms with E-state index in [0.29, 0.717) is 13.1 Å². The number of carbonyl (C=O) groups excluding carboxylic acids is 1. The minimum absolute atomic E-state index is 0.0633. The number of hydrogen-bond donors (Lipinski definition) is 0. The van der Waals surface area contributed by atoms with Crippen LogP contribution in [-0.4, -0.2) is 47.0 Å². The quantitative estimate of drug-likeness (QED) is 0.780.